The number of hydrogen-bond acceptors (Lipinski definition) is 6. The van der Waals surface area contributed by atoms with Crippen molar-refractivity contribution in [2.24, 2.45) is 0 Å². The molecule has 0 spiro atoms. The molecule has 0 aliphatic heterocycles. The van der Waals surface area contributed by atoms with E-state index in [2.05, 4.69) is 25.7 Å². The first kappa shape index (κ1) is 15.8. The van der Waals surface area contributed by atoms with Gasteiger partial charge in [-0.1, -0.05) is 35.4 Å². The number of aryl methyl sites for hydroxylation is 2. The summed E-state index contributed by atoms with van der Waals surface area (Å²) in [7, 11) is 0. The van der Waals surface area contributed by atoms with Crippen molar-refractivity contribution >= 4 is 11.9 Å². The molecule has 2 N–H and O–H groups in total. The van der Waals surface area contributed by atoms with Gasteiger partial charge in [-0.2, -0.15) is 5.10 Å². The lowest BCUT2D eigenvalue weighted by molar-refractivity contribution is 0.101. The lowest BCUT2D eigenvalue weighted by Crippen LogP contribution is -2.12. The topological polar surface area (TPSA) is 110 Å². The van der Waals surface area contributed by atoms with Crippen LogP contribution in [0.4, 0.5) is 6.01 Å². The van der Waals surface area contributed by atoms with Crippen LogP contribution in [0.1, 0.15) is 22.0 Å². The molecule has 0 aliphatic rings. The average molecular weight is 349 g/mol. The van der Waals surface area contributed by atoms with Crippen molar-refractivity contribution in [3.05, 3.63) is 59.7 Å². The van der Waals surface area contributed by atoms with Gasteiger partial charge in [0.2, 0.25) is 0 Å². The number of benzene rings is 1. The maximum atomic E-state index is 12.3. The molecular weight excluding hydrogens is 334 g/mol. The van der Waals surface area contributed by atoms with E-state index < -0.39 is 5.91 Å². The molecule has 0 aliphatic carbocycles. The second kappa shape index (κ2) is 6.32. The normalized spacial score (nSPS) is 10.8. The zero-order valence-electron chi connectivity index (χ0n) is 14.1. The van der Waals surface area contributed by atoms with Gasteiger partial charge in [-0.15, -0.1) is 5.10 Å². The van der Waals surface area contributed by atoms with Gasteiger partial charge in [0.25, 0.3) is 11.8 Å². The SMILES string of the molecule is Cc1cc(-c2nnc(NC(=O)c3cc(-c4ccccc4)n[nH]3)o2)c(C)o1. The van der Waals surface area contributed by atoms with Crippen molar-refractivity contribution in [3.63, 3.8) is 0 Å². The summed E-state index contributed by atoms with van der Waals surface area (Å²) >= 11 is 0. The molecule has 3 aromatic heterocycles. The lowest BCUT2D eigenvalue weighted by atomic mass is 10.1. The average Bonchev–Trinajstić information content (AvgIpc) is 3.35. The van der Waals surface area contributed by atoms with E-state index in [1.54, 1.807) is 19.1 Å². The number of nitrogens with zero attached hydrogens (tertiary/aromatic N) is 3. The number of aromatic nitrogens is 4. The van der Waals surface area contributed by atoms with Gasteiger partial charge in [0.1, 0.15) is 17.2 Å². The maximum Gasteiger partial charge on any atom is 0.322 e. The number of carbonyl (C=O) groups is 1. The highest BCUT2D eigenvalue weighted by Gasteiger charge is 2.17. The fraction of sp³-hybridized carbons (Fsp3) is 0.111. The fourth-order valence-electron chi connectivity index (χ4n) is 2.59. The summed E-state index contributed by atoms with van der Waals surface area (Å²) in [5, 5.41) is 17.2. The number of furan rings is 1. The standard InChI is InChI=1S/C18H15N5O3/c1-10-8-13(11(2)25-10)17-22-23-18(26-17)19-16(24)15-9-14(20-21-15)12-6-4-3-5-7-12/h3-9H,1-2H3,(H,20,21)(H,19,23,24). The van der Waals surface area contributed by atoms with Crippen LogP contribution in [0, 0.1) is 13.8 Å². The number of carbonyl (C=O) groups excluding carboxylic acids is 1. The molecule has 1 aromatic carbocycles. The molecule has 0 unspecified atom stereocenters. The van der Waals surface area contributed by atoms with Gasteiger partial charge in [-0.05, 0) is 26.0 Å². The molecule has 8 nitrogen and oxygen atoms in total. The summed E-state index contributed by atoms with van der Waals surface area (Å²) in [6.07, 6.45) is 0. The van der Waals surface area contributed by atoms with E-state index in [0.29, 0.717) is 22.7 Å². The van der Waals surface area contributed by atoms with Gasteiger partial charge < -0.3 is 8.83 Å². The number of H-pyrrole nitrogens is 1. The minimum atomic E-state index is -0.421. The number of hydrogen-bond donors (Lipinski definition) is 2. The number of nitrogens with one attached hydrogen (secondary N) is 2. The first-order valence-electron chi connectivity index (χ1n) is 7.93. The van der Waals surface area contributed by atoms with Crippen molar-refractivity contribution in [1.29, 1.82) is 0 Å². The van der Waals surface area contributed by atoms with Gasteiger partial charge in [0.15, 0.2) is 0 Å². The quantitative estimate of drug-likeness (QED) is 0.582. The monoisotopic (exact) mass is 349 g/mol. The summed E-state index contributed by atoms with van der Waals surface area (Å²) in [6.45, 7) is 3.64. The number of anilines is 1. The fourth-order valence-corrected chi connectivity index (χ4v) is 2.59. The molecule has 130 valence electrons. The first-order chi connectivity index (χ1) is 12.6. The van der Waals surface area contributed by atoms with Gasteiger partial charge in [0, 0.05) is 5.56 Å². The van der Waals surface area contributed by atoms with Gasteiger partial charge in [-0.25, -0.2) is 0 Å². The third-order valence-electron chi connectivity index (χ3n) is 3.81. The largest absolute Gasteiger partial charge is 0.466 e. The van der Waals surface area contributed by atoms with Crippen molar-refractivity contribution < 1.29 is 13.6 Å². The Bertz CT molecular complexity index is 1060. The molecule has 1 amide bonds. The molecule has 0 saturated heterocycles. The van der Waals surface area contributed by atoms with Crippen molar-refractivity contribution in [2.75, 3.05) is 5.32 Å². The summed E-state index contributed by atoms with van der Waals surface area (Å²) in [4.78, 5) is 12.3. The van der Waals surface area contributed by atoms with Gasteiger partial charge in [0.05, 0.1) is 11.3 Å². The zero-order valence-corrected chi connectivity index (χ0v) is 14.1. The van der Waals surface area contributed by atoms with Crippen LogP contribution in [0.15, 0.2) is 51.3 Å². The molecule has 0 atom stereocenters. The Hall–Kier alpha value is -3.68. The van der Waals surface area contributed by atoms with Crippen molar-refractivity contribution in [1.82, 2.24) is 20.4 Å². The minimum Gasteiger partial charge on any atom is -0.466 e. The Morgan fingerprint density at radius 1 is 1.08 bits per heavy atom. The predicted molar refractivity (Wildman–Crippen MR) is 93.5 cm³/mol. The molecule has 4 aromatic rings. The Labute approximate surface area is 148 Å². The molecule has 8 heteroatoms. The van der Waals surface area contributed by atoms with E-state index >= 15 is 0 Å². The Balaban J connectivity index is 1.51. The second-order valence-corrected chi connectivity index (χ2v) is 5.73. The molecule has 4 rings (SSSR count). The zero-order chi connectivity index (χ0) is 18.1. The second-order valence-electron chi connectivity index (χ2n) is 5.73. The first-order valence-corrected chi connectivity index (χ1v) is 7.93. The molecule has 0 bridgehead atoms. The Kier molecular flexibility index (Phi) is 3.85. The molecule has 0 saturated carbocycles. The summed E-state index contributed by atoms with van der Waals surface area (Å²) in [5.74, 6) is 1.27. The maximum absolute atomic E-state index is 12.3. The third-order valence-corrected chi connectivity index (χ3v) is 3.81. The van der Waals surface area contributed by atoms with Crippen LogP contribution in [0.5, 0.6) is 0 Å². The highest BCUT2D eigenvalue weighted by atomic mass is 16.4. The van der Waals surface area contributed by atoms with Crippen LogP contribution in [0.3, 0.4) is 0 Å². The summed E-state index contributed by atoms with van der Waals surface area (Å²) in [6, 6.07) is 13.0. The smallest absolute Gasteiger partial charge is 0.322 e. The van der Waals surface area contributed by atoms with E-state index in [4.69, 9.17) is 8.83 Å². The molecule has 0 radical (unpaired) electrons. The van der Waals surface area contributed by atoms with E-state index in [1.807, 2.05) is 37.3 Å². The van der Waals surface area contributed by atoms with Crippen LogP contribution in [-0.4, -0.2) is 26.3 Å². The van der Waals surface area contributed by atoms with Gasteiger partial charge in [-0.3, -0.25) is 15.2 Å². The Morgan fingerprint density at radius 2 is 1.88 bits per heavy atom. The van der Waals surface area contributed by atoms with E-state index in [1.165, 1.54) is 0 Å². The summed E-state index contributed by atoms with van der Waals surface area (Å²) < 4.78 is 10.9. The highest BCUT2D eigenvalue weighted by molar-refractivity contribution is 6.02. The molecule has 26 heavy (non-hydrogen) atoms. The van der Waals surface area contributed by atoms with Gasteiger partial charge >= 0.3 is 6.01 Å². The van der Waals surface area contributed by atoms with E-state index in [0.717, 1.165) is 11.3 Å². The van der Waals surface area contributed by atoms with Crippen molar-refractivity contribution in [2.45, 2.75) is 13.8 Å². The lowest BCUT2D eigenvalue weighted by Gasteiger charge is -1.96. The minimum absolute atomic E-state index is 0.000820. The number of aromatic amines is 1. The molecular formula is C18H15N5O3. The van der Waals surface area contributed by atoms with Crippen LogP contribution in [0.2, 0.25) is 0 Å². The van der Waals surface area contributed by atoms with Crippen LogP contribution in [0.25, 0.3) is 22.7 Å². The highest BCUT2D eigenvalue weighted by Crippen LogP contribution is 2.26. The number of amides is 1. The van der Waals surface area contributed by atoms with E-state index in [-0.39, 0.29) is 11.9 Å². The van der Waals surface area contributed by atoms with Crippen molar-refractivity contribution in [3.8, 4) is 22.7 Å². The summed E-state index contributed by atoms with van der Waals surface area (Å²) in [5.41, 5.74) is 2.57. The Morgan fingerprint density at radius 3 is 2.62 bits per heavy atom. The van der Waals surface area contributed by atoms with Crippen LogP contribution >= 0.6 is 0 Å². The third kappa shape index (κ3) is 3.00. The van der Waals surface area contributed by atoms with E-state index in [9.17, 15) is 4.79 Å². The molecule has 3 heterocycles. The number of rotatable bonds is 4. The van der Waals surface area contributed by atoms with Crippen LogP contribution in [-0.2, 0) is 0 Å². The predicted octanol–water partition coefficient (Wildman–Crippen LogP) is 3.59. The molecule has 0 fully saturated rings. The van der Waals surface area contributed by atoms with Crippen LogP contribution < -0.4 is 5.32 Å².